The van der Waals surface area contributed by atoms with Crippen LogP contribution >= 0.6 is 15.9 Å². The van der Waals surface area contributed by atoms with Crippen LogP contribution in [-0.2, 0) is 14.6 Å². The summed E-state index contributed by atoms with van der Waals surface area (Å²) >= 11 is 3.41. The SMILES string of the molecule is CS(=O)(=O)c1ccc(NC(=O)COc2ccc(-c3ccc(Br)cc3)cc2)cc1. The van der Waals surface area contributed by atoms with E-state index in [0.717, 1.165) is 21.9 Å². The number of rotatable bonds is 6. The lowest BCUT2D eigenvalue weighted by atomic mass is 10.1. The molecule has 0 unspecified atom stereocenters. The van der Waals surface area contributed by atoms with Gasteiger partial charge in [-0.3, -0.25) is 4.79 Å². The molecule has 3 aromatic carbocycles. The number of carbonyl (C=O) groups is 1. The molecule has 0 heterocycles. The van der Waals surface area contributed by atoms with Crippen molar-refractivity contribution < 1.29 is 17.9 Å². The van der Waals surface area contributed by atoms with Crippen molar-refractivity contribution >= 4 is 37.4 Å². The summed E-state index contributed by atoms with van der Waals surface area (Å²) < 4.78 is 29.4. The Hall–Kier alpha value is -2.64. The largest absolute Gasteiger partial charge is 0.484 e. The van der Waals surface area contributed by atoms with Crippen molar-refractivity contribution in [2.24, 2.45) is 0 Å². The number of anilines is 1. The minimum atomic E-state index is -3.26. The van der Waals surface area contributed by atoms with E-state index in [4.69, 9.17) is 4.74 Å². The molecule has 0 spiro atoms. The van der Waals surface area contributed by atoms with Gasteiger partial charge in [-0.2, -0.15) is 0 Å². The van der Waals surface area contributed by atoms with Crippen LogP contribution in [0.25, 0.3) is 11.1 Å². The van der Waals surface area contributed by atoms with Gasteiger partial charge in [0.2, 0.25) is 0 Å². The predicted molar refractivity (Wildman–Crippen MR) is 113 cm³/mol. The maximum atomic E-state index is 12.0. The fourth-order valence-corrected chi connectivity index (χ4v) is 3.41. The van der Waals surface area contributed by atoms with E-state index < -0.39 is 9.84 Å². The summed E-state index contributed by atoms with van der Waals surface area (Å²) in [4.78, 5) is 12.2. The van der Waals surface area contributed by atoms with E-state index in [9.17, 15) is 13.2 Å². The second-order valence-electron chi connectivity index (χ2n) is 6.16. The van der Waals surface area contributed by atoms with Gasteiger partial charge >= 0.3 is 0 Å². The van der Waals surface area contributed by atoms with Crippen LogP contribution in [0.3, 0.4) is 0 Å². The Balaban J connectivity index is 1.55. The summed E-state index contributed by atoms with van der Waals surface area (Å²) in [5.74, 6) is 0.257. The summed E-state index contributed by atoms with van der Waals surface area (Å²) in [5.41, 5.74) is 2.65. The zero-order valence-electron chi connectivity index (χ0n) is 15.1. The molecule has 7 heteroatoms. The molecule has 0 aliphatic carbocycles. The molecule has 0 atom stereocenters. The first-order valence-electron chi connectivity index (χ1n) is 8.40. The van der Waals surface area contributed by atoms with Gasteiger partial charge in [0, 0.05) is 16.4 Å². The van der Waals surface area contributed by atoms with Crippen molar-refractivity contribution in [2.45, 2.75) is 4.90 Å². The van der Waals surface area contributed by atoms with Gasteiger partial charge in [-0.1, -0.05) is 40.2 Å². The smallest absolute Gasteiger partial charge is 0.262 e. The monoisotopic (exact) mass is 459 g/mol. The van der Waals surface area contributed by atoms with Gasteiger partial charge in [0.15, 0.2) is 16.4 Å². The molecule has 0 fully saturated rings. The maximum absolute atomic E-state index is 12.0. The van der Waals surface area contributed by atoms with Crippen LogP contribution in [0.1, 0.15) is 0 Å². The fourth-order valence-electron chi connectivity index (χ4n) is 2.52. The number of hydrogen-bond acceptors (Lipinski definition) is 4. The molecule has 3 rings (SSSR count). The predicted octanol–water partition coefficient (Wildman–Crippen LogP) is 4.54. The Kier molecular flexibility index (Phi) is 6.16. The molecule has 1 amide bonds. The van der Waals surface area contributed by atoms with Gasteiger partial charge < -0.3 is 10.1 Å². The number of nitrogens with one attached hydrogen (secondary N) is 1. The Morgan fingerprint density at radius 3 is 1.96 bits per heavy atom. The minimum Gasteiger partial charge on any atom is -0.484 e. The van der Waals surface area contributed by atoms with Crippen LogP contribution in [0, 0.1) is 0 Å². The molecule has 0 aliphatic rings. The zero-order chi connectivity index (χ0) is 20.1. The molecule has 0 bridgehead atoms. The Labute approximate surface area is 172 Å². The Bertz CT molecular complexity index is 1060. The number of sulfone groups is 1. The molecule has 0 saturated carbocycles. The lowest BCUT2D eigenvalue weighted by Gasteiger charge is -2.09. The topological polar surface area (TPSA) is 72.5 Å². The average Bonchev–Trinajstić information content (AvgIpc) is 2.67. The first-order valence-corrected chi connectivity index (χ1v) is 11.1. The van der Waals surface area contributed by atoms with E-state index in [1.54, 1.807) is 12.1 Å². The standard InChI is InChI=1S/C21H18BrNO4S/c1-28(25,26)20-12-8-18(9-13-20)23-21(24)14-27-19-10-4-16(5-11-19)15-2-6-17(22)7-3-15/h2-13H,14H2,1H3,(H,23,24). The third kappa shape index (κ3) is 5.43. The van der Waals surface area contributed by atoms with E-state index in [1.807, 2.05) is 48.5 Å². The molecule has 0 aliphatic heterocycles. The Morgan fingerprint density at radius 2 is 1.43 bits per heavy atom. The zero-order valence-corrected chi connectivity index (χ0v) is 17.5. The summed E-state index contributed by atoms with van der Waals surface area (Å²) in [5, 5.41) is 2.67. The van der Waals surface area contributed by atoms with Gasteiger partial charge in [0.05, 0.1) is 4.90 Å². The molecular weight excluding hydrogens is 442 g/mol. The van der Waals surface area contributed by atoms with Crippen molar-refractivity contribution in [3.8, 4) is 16.9 Å². The highest BCUT2D eigenvalue weighted by Gasteiger charge is 2.08. The van der Waals surface area contributed by atoms with E-state index in [0.29, 0.717) is 11.4 Å². The van der Waals surface area contributed by atoms with Gasteiger partial charge in [0.1, 0.15) is 5.75 Å². The quantitative estimate of drug-likeness (QED) is 0.587. The molecule has 28 heavy (non-hydrogen) atoms. The minimum absolute atomic E-state index is 0.147. The van der Waals surface area contributed by atoms with Crippen molar-refractivity contribution in [2.75, 3.05) is 18.2 Å². The molecule has 0 saturated heterocycles. The summed E-state index contributed by atoms with van der Waals surface area (Å²) in [6.07, 6.45) is 1.14. The summed E-state index contributed by atoms with van der Waals surface area (Å²) in [7, 11) is -3.26. The summed E-state index contributed by atoms with van der Waals surface area (Å²) in [6, 6.07) is 21.5. The number of ether oxygens (including phenoxy) is 1. The average molecular weight is 460 g/mol. The highest BCUT2D eigenvalue weighted by atomic mass is 79.9. The number of benzene rings is 3. The van der Waals surface area contributed by atoms with Crippen LogP contribution in [0.15, 0.2) is 82.2 Å². The lowest BCUT2D eigenvalue weighted by Crippen LogP contribution is -2.20. The molecule has 0 radical (unpaired) electrons. The number of hydrogen-bond donors (Lipinski definition) is 1. The van der Waals surface area contributed by atoms with E-state index >= 15 is 0 Å². The third-order valence-corrected chi connectivity index (χ3v) is 5.63. The second kappa shape index (κ2) is 8.58. The molecular formula is C21H18BrNO4S. The van der Waals surface area contributed by atoms with Crippen LogP contribution in [-0.4, -0.2) is 27.2 Å². The van der Waals surface area contributed by atoms with Crippen LogP contribution in [0.5, 0.6) is 5.75 Å². The van der Waals surface area contributed by atoms with Crippen molar-refractivity contribution in [1.82, 2.24) is 0 Å². The van der Waals surface area contributed by atoms with Crippen LogP contribution in [0.4, 0.5) is 5.69 Å². The molecule has 1 N–H and O–H groups in total. The van der Waals surface area contributed by atoms with E-state index in [-0.39, 0.29) is 17.4 Å². The maximum Gasteiger partial charge on any atom is 0.262 e. The highest BCUT2D eigenvalue weighted by molar-refractivity contribution is 9.10. The third-order valence-electron chi connectivity index (χ3n) is 3.97. The normalized spacial score (nSPS) is 11.1. The lowest BCUT2D eigenvalue weighted by molar-refractivity contribution is -0.118. The van der Waals surface area contributed by atoms with Gasteiger partial charge in [-0.05, 0) is 59.7 Å². The van der Waals surface area contributed by atoms with Crippen molar-refractivity contribution in [1.29, 1.82) is 0 Å². The molecule has 3 aromatic rings. The number of halogens is 1. The van der Waals surface area contributed by atoms with E-state index in [1.165, 1.54) is 12.1 Å². The molecule has 0 aromatic heterocycles. The first kappa shape index (κ1) is 20.1. The van der Waals surface area contributed by atoms with Crippen LogP contribution in [0.2, 0.25) is 0 Å². The number of carbonyl (C=O) groups excluding carboxylic acids is 1. The fraction of sp³-hybridized carbons (Fsp3) is 0.0952. The highest BCUT2D eigenvalue weighted by Crippen LogP contribution is 2.24. The first-order chi connectivity index (χ1) is 13.3. The van der Waals surface area contributed by atoms with Gasteiger partial charge in [-0.15, -0.1) is 0 Å². The second-order valence-corrected chi connectivity index (χ2v) is 9.10. The van der Waals surface area contributed by atoms with Crippen molar-refractivity contribution in [3.05, 3.63) is 77.3 Å². The van der Waals surface area contributed by atoms with Gasteiger partial charge in [0.25, 0.3) is 5.91 Å². The van der Waals surface area contributed by atoms with Gasteiger partial charge in [-0.25, -0.2) is 8.42 Å². The molecule has 5 nitrogen and oxygen atoms in total. The number of amides is 1. The van der Waals surface area contributed by atoms with E-state index in [2.05, 4.69) is 21.2 Å². The van der Waals surface area contributed by atoms with Crippen molar-refractivity contribution in [3.63, 3.8) is 0 Å². The molecule has 144 valence electrons. The van der Waals surface area contributed by atoms with Crippen LogP contribution < -0.4 is 10.1 Å². The summed E-state index contributed by atoms with van der Waals surface area (Å²) in [6.45, 7) is -0.147. The Morgan fingerprint density at radius 1 is 0.893 bits per heavy atom.